The van der Waals surface area contributed by atoms with Crippen LogP contribution in [0, 0.1) is 23.7 Å². The van der Waals surface area contributed by atoms with Crippen LogP contribution in [0.4, 0.5) is 0 Å². The number of rotatable bonds is 6. The Morgan fingerprint density at radius 2 is 1.48 bits per heavy atom. The molecule has 5 nitrogen and oxygen atoms in total. The molecule has 1 aliphatic heterocycles. The lowest BCUT2D eigenvalue weighted by Crippen LogP contribution is -2.52. The minimum absolute atomic E-state index is 0.134. The highest BCUT2D eigenvalue weighted by molar-refractivity contribution is 6.09. The number of nitrogens with zero attached hydrogens (tertiary/aromatic N) is 1. The van der Waals surface area contributed by atoms with E-state index in [2.05, 4.69) is 5.32 Å². The molecule has 3 fully saturated rings. The number of nitrogens with one attached hydrogen (secondary N) is 1. The maximum atomic E-state index is 13.5. The molecule has 2 aromatic rings. The summed E-state index contributed by atoms with van der Waals surface area (Å²) >= 11 is 0. The minimum atomic E-state index is -0.821. The molecule has 1 saturated heterocycles. The Hall–Kier alpha value is -2.95. The number of fused-ring (bicyclic) bond motifs is 5. The highest BCUT2D eigenvalue weighted by Gasteiger charge is 2.62. The number of benzene rings is 2. The van der Waals surface area contributed by atoms with Crippen molar-refractivity contribution < 1.29 is 14.4 Å². The van der Waals surface area contributed by atoms with Crippen LogP contribution in [0.15, 0.2) is 60.7 Å². The lowest BCUT2D eigenvalue weighted by atomic mass is 9.81. The topological polar surface area (TPSA) is 66.5 Å². The first-order chi connectivity index (χ1) is 15.0. The van der Waals surface area contributed by atoms with Gasteiger partial charge in [0, 0.05) is 6.42 Å². The van der Waals surface area contributed by atoms with Crippen molar-refractivity contribution in [3.05, 3.63) is 71.8 Å². The van der Waals surface area contributed by atoms with Crippen molar-refractivity contribution in [2.45, 2.75) is 44.7 Å². The van der Waals surface area contributed by atoms with E-state index in [1.165, 1.54) is 4.90 Å². The fourth-order valence-corrected chi connectivity index (χ4v) is 6.01. The van der Waals surface area contributed by atoms with E-state index in [1.807, 2.05) is 67.6 Å². The summed E-state index contributed by atoms with van der Waals surface area (Å²) in [6.45, 7) is 1.93. The van der Waals surface area contributed by atoms with Crippen LogP contribution in [-0.4, -0.2) is 28.7 Å². The van der Waals surface area contributed by atoms with Crippen molar-refractivity contribution in [3.8, 4) is 0 Å². The van der Waals surface area contributed by atoms with Gasteiger partial charge < -0.3 is 5.32 Å². The maximum Gasteiger partial charge on any atom is 0.244 e. The van der Waals surface area contributed by atoms with E-state index >= 15 is 0 Å². The second-order valence-corrected chi connectivity index (χ2v) is 9.28. The third-order valence-electron chi connectivity index (χ3n) is 7.51. The Balaban J connectivity index is 1.43. The predicted octanol–water partition coefficient (Wildman–Crippen LogP) is 3.51. The molecule has 0 radical (unpaired) electrons. The van der Waals surface area contributed by atoms with Gasteiger partial charge in [-0.2, -0.15) is 0 Å². The molecule has 0 aromatic heterocycles. The van der Waals surface area contributed by atoms with E-state index in [9.17, 15) is 14.4 Å². The zero-order chi connectivity index (χ0) is 21.5. The molecule has 2 aliphatic carbocycles. The van der Waals surface area contributed by atoms with Crippen molar-refractivity contribution >= 4 is 17.7 Å². The van der Waals surface area contributed by atoms with E-state index in [0.29, 0.717) is 18.3 Å². The van der Waals surface area contributed by atoms with Gasteiger partial charge in [-0.15, -0.1) is 0 Å². The fraction of sp³-hybridized carbons (Fsp3) is 0.423. The largest absolute Gasteiger partial charge is 0.348 e. The van der Waals surface area contributed by atoms with Crippen LogP contribution < -0.4 is 5.32 Å². The molecule has 2 bridgehead atoms. The SMILES string of the molecule is C[C@H](NC(=O)[C@H](Cc1ccccc1)N1C(=O)[C@@H]2[C@@H]3CC[C@@H](C3)[C@@H]2C1=O)c1ccccc1. The third-order valence-corrected chi connectivity index (χ3v) is 7.51. The molecule has 3 amide bonds. The monoisotopic (exact) mass is 416 g/mol. The summed E-state index contributed by atoms with van der Waals surface area (Å²) in [7, 11) is 0. The van der Waals surface area contributed by atoms with Crippen LogP contribution in [0.3, 0.4) is 0 Å². The van der Waals surface area contributed by atoms with E-state index in [0.717, 1.165) is 30.4 Å². The number of hydrogen-bond acceptors (Lipinski definition) is 3. The Kier molecular flexibility index (Phi) is 5.12. The average Bonchev–Trinajstić information content (AvgIpc) is 3.47. The first-order valence-corrected chi connectivity index (χ1v) is 11.3. The van der Waals surface area contributed by atoms with Gasteiger partial charge in [-0.25, -0.2) is 0 Å². The Labute approximate surface area is 182 Å². The fourth-order valence-electron chi connectivity index (χ4n) is 6.01. The Morgan fingerprint density at radius 1 is 0.935 bits per heavy atom. The highest BCUT2D eigenvalue weighted by atomic mass is 16.2. The first-order valence-electron chi connectivity index (χ1n) is 11.3. The summed E-state index contributed by atoms with van der Waals surface area (Å²) < 4.78 is 0. The molecular weight excluding hydrogens is 388 g/mol. The summed E-state index contributed by atoms with van der Waals surface area (Å²) in [5.74, 6) is -0.362. The van der Waals surface area contributed by atoms with Gasteiger partial charge in [0.1, 0.15) is 6.04 Å². The molecule has 160 valence electrons. The number of imide groups is 1. The van der Waals surface area contributed by atoms with Gasteiger partial charge in [0.25, 0.3) is 0 Å². The summed E-state index contributed by atoms with van der Waals surface area (Å²) in [6, 6.07) is 18.3. The zero-order valence-corrected chi connectivity index (χ0v) is 17.7. The van der Waals surface area contributed by atoms with Gasteiger partial charge in [0.2, 0.25) is 17.7 Å². The Bertz CT molecular complexity index is 962. The van der Waals surface area contributed by atoms with Crippen LogP contribution in [0.5, 0.6) is 0 Å². The van der Waals surface area contributed by atoms with Crippen molar-refractivity contribution in [1.29, 1.82) is 0 Å². The van der Waals surface area contributed by atoms with Crippen LogP contribution in [0.2, 0.25) is 0 Å². The molecule has 0 unspecified atom stereocenters. The average molecular weight is 417 g/mol. The van der Waals surface area contributed by atoms with Gasteiger partial charge >= 0.3 is 0 Å². The summed E-state index contributed by atoms with van der Waals surface area (Å²) in [6.07, 6.45) is 3.38. The number of carbonyl (C=O) groups excluding carboxylic acids is 3. The molecule has 31 heavy (non-hydrogen) atoms. The second-order valence-electron chi connectivity index (χ2n) is 9.28. The lowest BCUT2D eigenvalue weighted by Gasteiger charge is -2.28. The quantitative estimate of drug-likeness (QED) is 0.733. The van der Waals surface area contributed by atoms with Gasteiger partial charge in [0.15, 0.2) is 0 Å². The normalized spacial score (nSPS) is 28.5. The Morgan fingerprint density at radius 3 is 2.06 bits per heavy atom. The van der Waals surface area contributed by atoms with Crippen LogP contribution in [0.25, 0.3) is 0 Å². The molecule has 5 rings (SSSR count). The maximum absolute atomic E-state index is 13.5. The van der Waals surface area contributed by atoms with Crippen molar-refractivity contribution in [2.75, 3.05) is 0 Å². The minimum Gasteiger partial charge on any atom is -0.348 e. The highest BCUT2D eigenvalue weighted by Crippen LogP contribution is 2.56. The second kappa shape index (κ2) is 7.95. The molecule has 6 atom stereocenters. The van der Waals surface area contributed by atoms with Crippen molar-refractivity contribution in [1.82, 2.24) is 10.2 Å². The molecule has 1 N–H and O–H groups in total. The van der Waals surface area contributed by atoms with Gasteiger partial charge in [-0.05, 0) is 49.1 Å². The molecule has 2 aromatic carbocycles. The van der Waals surface area contributed by atoms with Crippen molar-refractivity contribution in [2.24, 2.45) is 23.7 Å². The van der Waals surface area contributed by atoms with E-state index in [4.69, 9.17) is 0 Å². The summed E-state index contributed by atoms with van der Waals surface area (Å²) in [5.41, 5.74) is 1.93. The van der Waals surface area contributed by atoms with Crippen LogP contribution in [-0.2, 0) is 20.8 Å². The number of likely N-dealkylation sites (tertiary alicyclic amines) is 1. The van der Waals surface area contributed by atoms with Gasteiger partial charge in [-0.1, -0.05) is 60.7 Å². The van der Waals surface area contributed by atoms with Crippen molar-refractivity contribution in [3.63, 3.8) is 0 Å². The molecule has 5 heteroatoms. The molecule has 1 heterocycles. The van der Waals surface area contributed by atoms with E-state index < -0.39 is 6.04 Å². The third kappa shape index (κ3) is 3.46. The molecule has 0 spiro atoms. The lowest BCUT2D eigenvalue weighted by molar-refractivity contribution is -0.148. The van der Waals surface area contributed by atoms with Gasteiger partial charge in [0.05, 0.1) is 17.9 Å². The van der Waals surface area contributed by atoms with E-state index in [1.54, 1.807) is 0 Å². The standard InChI is InChI=1S/C26H28N2O3/c1-16(18-10-6-3-7-11-18)27-24(29)21(14-17-8-4-2-5-9-17)28-25(30)22-19-12-13-20(15-19)23(22)26(28)31/h2-11,16,19-23H,12-15H2,1H3,(H,27,29)/t16-,19-,20+,21-,22-,23+/m0/s1. The summed E-state index contributed by atoms with van der Waals surface area (Å²) in [5, 5.41) is 3.05. The molecule has 2 saturated carbocycles. The smallest absolute Gasteiger partial charge is 0.244 e. The van der Waals surface area contributed by atoms with Crippen LogP contribution >= 0.6 is 0 Å². The molecule has 3 aliphatic rings. The zero-order valence-electron chi connectivity index (χ0n) is 17.7. The van der Waals surface area contributed by atoms with E-state index in [-0.39, 0.29) is 35.6 Å². The number of hydrogen-bond donors (Lipinski definition) is 1. The number of carbonyl (C=O) groups is 3. The first kappa shape index (κ1) is 20.0. The summed E-state index contributed by atoms with van der Waals surface area (Å²) in [4.78, 5) is 41.6. The molecular formula is C26H28N2O3. The van der Waals surface area contributed by atoms with Gasteiger partial charge in [-0.3, -0.25) is 19.3 Å². The number of amides is 3. The van der Waals surface area contributed by atoms with Crippen LogP contribution in [0.1, 0.15) is 43.4 Å². The predicted molar refractivity (Wildman–Crippen MR) is 117 cm³/mol.